The second kappa shape index (κ2) is 5.96. The summed E-state index contributed by atoms with van der Waals surface area (Å²) in [4.78, 5) is -0.440. The van der Waals surface area contributed by atoms with Gasteiger partial charge < -0.3 is 5.32 Å². The molecule has 0 saturated heterocycles. The molecule has 1 N–H and O–H groups in total. The van der Waals surface area contributed by atoms with Crippen molar-refractivity contribution in [1.82, 2.24) is 5.32 Å². The van der Waals surface area contributed by atoms with Gasteiger partial charge in [-0.15, -0.1) is 0 Å². The molecule has 1 aromatic rings. The van der Waals surface area contributed by atoms with Crippen LogP contribution in [0.15, 0.2) is 23.1 Å². The van der Waals surface area contributed by atoms with Crippen LogP contribution in [0, 0.1) is 11.6 Å². The van der Waals surface area contributed by atoms with Gasteiger partial charge in [-0.25, -0.2) is 17.2 Å². The lowest BCUT2D eigenvalue weighted by Crippen LogP contribution is -2.37. The van der Waals surface area contributed by atoms with Crippen LogP contribution in [0.2, 0.25) is 0 Å². The molecular formula is C13H19F2NO2S. The number of nitrogens with one attached hydrogen (secondary N) is 1. The summed E-state index contributed by atoms with van der Waals surface area (Å²) in [6.07, 6.45) is 0.371. The van der Waals surface area contributed by atoms with Crippen molar-refractivity contribution in [3.8, 4) is 0 Å². The maximum atomic E-state index is 13.4. The maximum Gasteiger partial charge on any atom is 0.181 e. The lowest BCUT2D eigenvalue weighted by atomic mass is 10.1. The van der Waals surface area contributed by atoms with E-state index < -0.39 is 26.4 Å². The second-order valence-electron chi connectivity index (χ2n) is 5.42. The first-order chi connectivity index (χ1) is 8.62. The molecule has 0 saturated carbocycles. The molecule has 1 aromatic carbocycles. The number of sulfone groups is 1. The van der Waals surface area contributed by atoms with E-state index in [2.05, 4.69) is 5.32 Å². The van der Waals surface area contributed by atoms with Crippen molar-refractivity contribution in [3.63, 3.8) is 0 Å². The standard InChI is InChI=1S/C13H19F2NO2S/c1-13(2,3)16-7-4-8-19(17,18)12-6-5-10(14)9-11(12)15/h5-6,9,16H,4,7-8H2,1-3H3. The van der Waals surface area contributed by atoms with E-state index >= 15 is 0 Å². The fourth-order valence-corrected chi connectivity index (χ4v) is 2.94. The van der Waals surface area contributed by atoms with Crippen LogP contribution in [-0.4, -0.2) is 26.3 Å². The molecule has 0 spiro atoms. The molecule has 0 heterocycles. The predicted octanol–water partition coefficient (Wildman–Crippen LogP) is 2.52. The van der Waals surface area contributed by atoms with Crippen LogP contribution in [0.4, 0.5) is 8.78 Å². The van der Waals surface area contributed by atoms with Crippen LogP contribution in [-0.2, 0) is 9.84 Å². The minimum atomic E-state index is -3.71. The zero-order chi connectivity index (χ0) is 14.7. The van der Waals surface area contributed by atoms with E-state index in [1.807, 2.05) is 20.8 Å². The molecule has 0 unspecified atom stereocenters. The van der Waals surface area contributed by atoms with Gasteiger partial charge in [0, 0.05) is 11.6 Å². The molecule has 0 fully saturated rings. The number of halogens is 2. The van der Waals surface area contributed by atoms with Gasteiger partial charge in [0.1, 0.15) is 16.5 Å². The Labute approximate surface area is 112 Å². The van der Waals surface area contributed by atoms with Gasteiger partial charge in [0.25, 0.3) is 0 Å². The molecule has 0 aliphatic rings. The Bertz CT molecular complexity index is 536. The molecule has 6 heteroatoms. The van der Waals surface area contributed by atoms with Crippen molar-refractivity contribution in [2.24, 2.45) is 0 Å². The molecule has 0 amide bonds. The Kier molecular flexibility index (Phi) is 5.04. The third kappa shape index (κ3) is 5.24. The fourth-order valence-electron chi connectivity index (χ4n) is 1.56. The summed E-state index contributed by atoms with van der Waals surface area (Å²) in [5, 5.41) is 3.15. The van der Waals surface area contributed by atoms with Gasteiger partial charge in [-0.1, -0.05) is 0 Å². The van der Waals surface area contributed by atoms with Crippen LogP contribution >= 0.6 is 0 Å². The summed E-state index contributed by atoms with van der Waals surface area (Å²) in [6.45, 7) is 6.44. The fraction of sp³-hybridized carbons (Fsp3) is 0.538. The molecule has 0 aliphatic heterocycles. The first-order valence-corrected chi connectivity index (χ1v) is 7.70. The van der Waals surface area contributed by atoms with Crippen LogP contribution in [0.3, 0.4) is 0 Å². The van der Waals surface area contributed by atoms with Crippen molar-refractivity contribution in [3.05, 3.63) is 29.8 Å². The third-order valence-corrected chi connectivity index (χ3v) is 4.30. The van der Waals surface area contributed by atoms with Crippen molar-refractivity contribution < 1.29 is 17.2 Å². The number of rotatable bonds is 5. The largest absolute Gasteiger partial charge is 0.312 e. The Hall–Kier alpha value is -1.01. The van der Waals surface area contributed by atoms with Crippen LogP contribution in [0.5, 0.6) is 0 Å². The Balaban J connectivity index is 2.66. The molecule has 19 heavy (non-hydrogen) atoms. The van der Waals surface area contributed by atoms with E-state index in [0.29, 0.717) is 19.0 Å². The van der Waals surface area contributed by atoms with E-state index in [-0.39, 0.29) is 11.3 Å². The summed E-state index contributed by atoms with van der Waals surface area (Å²) in [5.41, 5.74) is -0.0924. The molecule has 0 atom stereocenters. The Morgan fingerprint density at radius 1 is 1.21 bits per heavy atom. The Morgan fingerprint density at radius 3 is 2.37 bits per heavy atom. The lowest BCUT2D eigenvalue weighted by Gasteiger charge is -2.20. The molecule has 0 radical (unpaired) electrons. The third-order valence-electron chi connectivity index (χ3n) is 2.47. The first kappa shape index (κ1) is 16.0. The summed E-state index contributed by atoms with van der Waals surface area (Å²) in [5.74, 6) is -1.99. The molecule has 0 aromatic heterocycles. The number of hydrogen-bond donors (Lipinski definition) is 1. The van der Waals surface area contributed by atoms with Gasteiger partial charge in [0.05, 0.1) is 5.75 Å². The van der Waals surface area contributed by atoms with E-state index in [0.717, 1.165) is 12.1 Å². The second-order valence-corrected chi connectivity index (χ2v) is 7.50. The minimum absolute atomic E-state index is 0.0924. The molecule has 0 bridgehead atoms. The average molecular weight is 291 g/mol. The summed E-state index contributed by atoms with van der Waals surface area (Å²) in [6, 6.07) is 2.50. The highest BCUT2D eigenvalue weighted by atomic mass is 32.2. The molecule has 108 valence electrons. The van der Waals surface area contributed by atoms with Crippen molar-refractivity contribution in [1.29, 1.82) is 0 Å². The van der Waals surface area contributed by atoms with E-state index in [1.165, 1.54) is 0 Å². The monoisotopic (exact) mass is 291 g/mol. The van der Waals surface area contributed by atoms with Crippen LogP contribution in [0.25, 0.3) is 0 Å². The highest BCUT2D eigenvalue weighted by molar-refractivity contribution is 7.91. The molecule has 0 aliphatic carbocycles. The Morgan fingerprint density at radius 2 is 1.84 bits per heavy atom. The topological polar surface area (TPSA) is 46.2 Å². The molecule has 1 rings (SSSR count). The van der Waals surface area contributed by atoms with Crippen molar-refractivity contribution >= 4 is 9.84 Å². The summed E-state index contributed by atoms with van der Waals surface area (Å²) in [7, 11) is -3.71. The van der Waals surface area contributed by atoms with Gasteiger partial charge in [-0.05, 0) is 45.9 Å². The van der Waals surface area contributed by atoms with E-state index in [1.54, 1.807) is 0 Å². The minimum Gasteiger partial charge on any atom is -0.312 e. The highest BCUT2D eigenvalue weighted by Gasteiger charge is 2.19. The normalized spacial score (nSPS) is 12.7. The maximum absolute atomic E-state index is 13.4. The quantitative estimate of drug-likeness (QED) is 0.670. The van der Waals surface area contributed by atoms with Gasteiger partial charge >= 0.3 is 0 Å². The summed E-state index contributed by atoms with van der Waals surface area (Å²) >= 11 is 0. The van der Waals surface area contributed by atoms with Gasteiger partial charge in [0.2, 0.25) is 0 Å². The number of benzene rings is 1. The van der Waals surface area contributed by atoms with E-state index in [4.69, 9.17) is 0 Å². The van der Waals surface area contributed by atoms with Crippen LogP contribution < -0.4 is 5.32 Å². The van der Waals surface area contributed by atoms with E-state index in [9.17, 15) is 17.2 Å². The van der Waals surface area contributed by atoms with Crippen molar-refractivity contribution in [2.75, 3.05) is 12.3 Å². The molecular weight excluding hydrogens is 272 g/mol. The zero-order valence-electron chi connectivity index (χ0n) is 11.3. The first-order valence-electron chi connectivity index (χ1n) is 6.05. The van der Waals surface area contributed by atoms with Gasteiger partial charge in [0.15, 0.2) is 9.84 Å². The average Bonchev–Trinajstić information content (AvgIpc) is 2.22. The molecule has 3 nitrogen and oxygen atoms in total. The summed E-state index contributed by atoms with van der Waals surface area (Å²) < 4.78 is 49.9. The smallest absolute Gasteiger partial charge is 0.181 e. The highest BCUT2D eigenvalue weighted by Crippen LogP contribution is 2.17. The SMILES string of the molecule is CC(C)(C)NCCCS(=O)(=O)c1ccc(F)cc1F. The van der Waals surface area contributed by atoms with Crippen LogP contribution in [0.1, 0.15) is 27.2 Å². The predicted molar refractivity (Wildman–Crippen MR) is 70.8 cm³/mol. The van der Waals surface area contributed by atoms with Gasteiger partial charge in [-0.2, -0.15) is 0 Å². The zero-order valence-corrected chi connectivity index (χ0v) is 12.2. The lowest BCUT2D eigenvalue weighted by molar-refractivity contribution is 0.426. The number of hydrogen-bond acceptors (Lipinski definition) is 3. The van der Waals surface area contributed by atoms with Gasteiger partial charge in [-0.3, -0.25) is 0 Å². The van der Waals surface area contributed by atoms with Crippen molar-refractivity contribution in [2.45, 2.75) is 37.6 Å².